The van der Waals surface area contributed by atoms with Gasteiger partial charge >= 0.3 is 0 Å². The largest absolute Gasteiger partial charge is 0.389 e. The van der Waals surface area contributed by atoms with Gasteiger partial charge < -0.3 is 5.11 Å². The number of hydrogen-bond acceptors (Lipinski definition) is 2. The molecule has 0 saturated heterocycles. The summed E-state index contributed by atoms with van der Waals surface area (Å²) in [6.45, 7) is 0. The average molecular weight is 216 g/mol. The highest BCUT2D eigenvalue weighted by Crippen LogP contribution is 2.61. The van der Waals surface area contributed by atoms with E-state index >= 15 is 0 Å². The van der Waals surface area contributed by atoms with Crippen LogP contribution in [-0.4, -0.2) is 16.5 Å². The van der Waals surface area contributed by atoms with E-state index in [9.17, 15) is 9.90 Å². The van der Waals surface area contributed by atoms with Crippen molar-refractivity contribution < 1.29 is 9.90 Å². The lowest BCUT2D eigenvalue weighted by atomic mass is 9.47. The van der Waals surface area contributed by atoms with Gasteiger partial charge in [0.05, 0.1) is 11.5 Å². The Hall–Kier alpha value is -0.890. The molecule has 0 aromatic carbocycles. The zero-order chi connectivity index (χ0) is 10.9. The third-order valence-corrected chi connectivity index (χ3v) is 5.30. The molecule has 2 fully saturated rings. The number of fused-ring (bicyclic) bond motifs is 2. The van der Waals surface area contributed by atoms with Gasteiger partial charge in [-0.3, -0.25) is 4.79 Å². The van der Waals surface area contributed by atoms with E-state index in [1.54, 1.807) is 0 Å². The molecule has 0 aromatic heterocycles. The highest BCUT2D eigenvalue weighted by atomic mass is 16.3. The molecule has 0 amide bonds. The van der Waals surface area contributed by atoms with Crippen molar-refractivity contribution in [1.29, 1.82) is 0 Å². The third-order valence-electron chi connectivity index (χ3n) is 5.30. The lowest BCUT2D eigenvalue weighted by Gasteiger charge is -2.58. The first kappa shape index (κ1) is 9.17. The molecule has 0 aromatic rings. The van der Waals surface area contributed by atoms with E-state index in [0.29, 0.717) is 23.5 Å². The Morgan fingerprint density at radius 3 is 2.88 bits per heavy atom. The van der Waals surface area contributed by atoms with Gasteiger partial charge in [0.1, 0.15) is 5.78 Å². The smallest absolute Gasteiger partial charge is 0.143 e. The van der Waals surface area contributed by atoms with Crippen molar-refractivity contribution in [3.05, 3.63) is 24.3 Å². The summed E-state index contributed by atoms with van der Waals surface area (Å²) < 4.78 is 0. The fraction of sp³-hybridized carbons (Fsp3) is 0.643. The second-order valence-electron chi connectivity index (χ2n) is 5.86. The van der Waals surface area contributed by atoms with Crippen molar-refractivity contribution in [2.75, 3.05) is 0 Å². The maximum atomic E-state index is 12.1. The van der Waals surface area contributed by atoms with Crippen LogP contribution in [0, 0.1) is 29.6 Å². The normalized spacial score (nSPS) is 56.8. The monoisotopic (exact) mass is 216 g/mol. The topological polar surface area (TPSA) is 37.3 Å². The summed E-state index contributed by atoms with van der Waals surface area (Å²) in [7, 11) is 0. The van der Waals surface area contributed by atoms with Crippen molar-refractivity contribution in [2.45, 2.75) is 24.9 Å². The first-order valence-corrected chi connectivity index (χ1v) is 6.31. The van der Waals surface area contributed by atoms with Gasteiger partial charge in [-0.2, -0.15) is 0 Å². The second-order valence-corrected chi connectivity index (χ2v) is 5.86. The molecule has 4 unspecified atom stereocenters. The van der Waals surface area contributed by atoms with E-state index < -0.39 is 5.60 Å². The summed E-state index contributed by atoms with van der Waals surface area (Å²) in [6.07, 6.45) is 11.3. The number of ketones is 1. The quantitative estimate of drug-likeness (QED) is 0.677. The Labute approximate surface area is 95.0 Å². The zero-order valence-corrected chi connectivity index (χ0v) is 9.17. The standard InChI is InChI=1S/C14H16O2/c15-13-10-5-2-4-9(10)12(13)14(16)7-8-3-1-6-11(8)14/h1-4,8-12,16H,5-7H2/t8?,9-,10+,11?,12?,14?/m0/s1. The van der Waals surface area contributed by atoms with Gasteiger partial charge in [-0.05, 0) is 37.0 Å². The summed E-state index contributed by atoms with van der Waals surface area (Å²) in [5.74, 6) is 1.67. The lowest BCUT2D eigenvalue weighted by molar-refractivity contribution is -0.198. The maximum Gasteiger partial charge on any atom is 0.143 e. The van der Waals surface area contributed by atoms with Crippen LogP contribution in [0.4, 0.5) is 0 Å². The summed E-state index contributed by atoms with van der Waals surface area (Å²) in [4.78, 5) is 12.1. The van der Waals surface area contributed by atoms with Crippen molar-refractivity contribution in [3.8, 4) is 0 Å². The molecule has 0 radical (unpaired) electrons. The van der Waals surface area contributed by atoms with E-state index in [2.05, 4.69) is 24.3 Å². The Morgan fingerprint density at radius 1 is 1.25 bits per heavy atom. The van der Waals surface area contributed by atoms with Gasteiger partial charge in [-0.1, -0.05) is 24.3 Å². The predicted molar refractivity (Wildman–Crippen MR) is 59.5 cm³/mol. The maximum absolute atomic E-state index is 12.1. The van der Waals surface area contributed by atoms with Crippen molar-refractivity contribution in [1.82, 2.24) is 0 Å². The molecule has 6 atom stereocenters. The van der Waals surface area contributed by atoms with Gasteiger partial charge in [-0.25, -0.2) is 0 Å². The molecule has 16 heavy (non-hydrogen) atoms. The molecule has 2 heteroatoms. The van der Waals surface area contributed by atoms with Crippen LogP contribution in [0.15, 0.2) is 24.3 Å². The number of allylic oxidation sites excluding steroid dienone is 4. The minimum Gasteiger partial charge on any atom is -0.389 e. The molecular weight excluding hydrogens is 200 g/mol. The van der Waals surface area contributed by atoms with Crippen LogP contribution in [-0.2, 0) is 4.79 Å². The predicted octanol–water partition coefficient (Wildman–Crippen LogP) is 1.70. The zero-order valence-electron chi connectivity index (χ0n) is 9.17. The van der Waals surface area contributed by atoms with Gasteiger partial charge in [0.15, 0.2) is 0 Å². The summed E-state index contributed by atoms with van der Waals surface area (Å²) >= 11 is 0. The molecule has 0 aliphatic heterocycles. The molecule has 0 heterocycles. The Morgan fingerprint density at radius 2 is 2.06 bits per heavy atom. The highest BCUT2D eigenvalue weighted by Gasteiger charge is 2.66. The molecule has 4 aliphatic carbocycles. The van der Waals surface area contributed by atoms with Crippen LogP contribution in [0.5, 0.6) is 0 Å². The number of carbonyl (C=O) groups is 1. The minimum absolute atomic E-state index is 0.0857. The molecule has 0 spiro atoms. The van der Waals surface area contributed by atoms with Crippen molar-refractivity contribution in [2.24, 2.45) is 29.6 Å². The molecule has 84 valence electrons. The first-order valence-electron chi connectivity index (χ1n) is 6.31. The number of aliphatic hydroxyl groups is 1. The second kappa shape index (κ2) is 2.67. The Balaban J connectivity index is 1.63. The van der Waals surface area contributed by atoms with Crippen LogP contribution in [0.25, 0.3) is 0 Å². The van der Waals surface area contributed by atoms with E-state index in [4.69, 9.17) is 0 Å². The van der Waals surface area contributed by atoms with Gasteiger partial charge in [0, 0.05) is 5.92 Å². The van der Waals surface area contributed by atoms with Crippen molar-refractivity contribution in [3.63, 3.8) is 0 Å². The SMILES string of the molecule is O=C1C(C2(O)CC3C=CCC32)[C@H]2C=CC[C@@H]12. The van der Waals surface area contributed by atoms with E-state index in [1.807, 2.05) is 0 Å². The molecule has 1 N–H and O–H groups in total. The number of carbonyl (C=O) groups excluding carboxylic acids is 1. The van der Waals surface area contributed by atoms with Gasteiger partial charge in [0.25, 0.3) is 0 Å². The van der Waals surface area contributed by atoms with Crippen LogP contribution in [0.3, 0.4) is 0 Å². The van der Waals surface area contributed by atoms with Crippen LogP contribution in [0.2, 0.25) is 0 Å². The number of hydrogen-bond donors (Lipinski definition) is 1. The highest BCUT2D eigenvalue weighted by molar-refractivity contribution is 5.93. The summed E-state index contributed by atoms with van der Waals surface area (Å²) in [5, 5.41) is 10.7. The van der Waals surface area contributed by atoms with Crippen LogP contribution >= 0.6 is 0 Å². The Kier molecular flexibility index (Phi) is 1.53. The number of rotatable bonds is 1. The summed E-state index contributed by atoms with van der Waals surface area (Å²) in [6, 6.07) is 0. The molecule has 4 rings (SSSR count). The average Bonchev–Trinajstić information content (AvgIpc) is 2.81. The lowest BCUT2D eigenvalue weighted by Crippen LogP contribution is -2.66. The third kappa shape index (κ3) is 0.831. The minimum atomic E-state index is -0.679. The van der Waals surface area contributed by atoms with Crippen LogP contribution < -0.4 is 0 Å². The van der Waals surface area contributed by atoms with Crippen molar-refractivity contribution >= 4 is 5.78 Å². The van der Waals surface area contributed by atoms with E-state index in [0.717, 1.165) is 19.3 Å². The van der Waals surface area contributed by atoms with E-state index in [-0.39, 0.29) is 11.8 Å². The van der Waals surface area contributed by atoms with Crippen LogP contribution in [0.1, 0.15) is 19.3 Å². The fourth-order valence-corrected chi connectivity index (χ4v) is 4.42. The fourth-order valence-electron chi connectivity index (χ4n) is 4.42. The van der Waals surface area contributed by atoms with Gasteiger partial charge in [-0.15, -0.1) is 0 Å². The summed E-state index contributed by atoms with van der Waals surface area (Å²) in [5.41, 5.74) is -0.679. The van der Waals surface area contributed by atoms with Gasteiger partial charge in [0.2, 0.25) is 0 Å². The molecule has 2 nitrogen and oxygen atoms in total. The molecular formula is C14H16O2. The number of Topliss-reactive ketones (excluding diaryl/α,β-unsaturated/α-hetero) is 1. The van der Waals surface area contributed by atoms with E-state index in [1.165, 1.54) is 0 Å². The molecule has 4 aliphatic rings. The molecule has 2 saturated carbocycles. The first-order chi connectivity index (χ1) is 7.72. The molecule has 0 bridgehead atoms. The Bertz CT molecular complexity index is 422.